The third-order valence-corrected chi connectivity index (χ3v) is 3.34. The molecule has 0 fully saturated rings. The maximum Gasteiger partial charge on any atom is 0.251 e. The minimum Gasteiger partial charge on any atom is -0.497 e. The van der Waals surface area contributed by atoms with Crippen LogP contribution in [0.15, 0.2) is 41.1 Å². The highest BCUT2D eigenvalue weighted by molar-refractivity contribution is 7.07. The number of carbonyl (C=O) groups is 1. The van der Waals surface area contributed by atoms with Gasteiger partial charge in [-0.05, 0) is 47.0 Å². The number of ether oxygens (including phenoxy) is 1. The lowest BCUT2D eigenvalue weighted by atomic mass is 10.2. The van der Waals surface area contributed by atoms with E-state index in [1.165, 1.54) is 5.56 Å². The average molecular weight is 261 g/mol. The lowest BCUT2D eigenvalue weighted by Gasteiger charge is -2.06. The van der Waals surface area contributed by atoms with E-state index in [0.29, 0.717) is 17.9 Å². The van der Waals surface area contributed by atoms with E-state index in [1.807, 2.05) is 17.5 Å². The van der Waals surface area contributed by atoms with Crippen LogP contribution >= 0.6 is 11.3 Å². The predicted molar refractivity (Wildman–Crippen MR) is 73.4 cm³/mol. The molecule has 1 N–H and O–H groups in total. The summed E-state index contributed by atoms with van der Waals surface area (Å²) in [5, 5.41) is 7.03. The second-order valence-corrected chi connectivity index (χ2v) is 4.65. The molecule has 4 heteroatoms. The molecule has 1 heterocycles. The average Bonchev–Trinajstić information content (AvgIpc) is 2.92. The molecule has 1 aromatic heterocycles. The van der Waals surface area contributed by atoms with Crippen molar-refractivity contribution in [2.45, 2.75) is 6.42 Å². The summed E-state index contributed by atoms with van der Waals surface area (Å²) >= 11 is 1.67. The van der Waals surface area contributed by atoms with Crippen molar-refractivity contribution >= 4 is 17.2 Å². The lowest BCUT2D eigenvalue weighted by molar-refractivity contribution is 0.0954. The van der Waals surface area contributed by atoms with Crippen molar-refractivity contribution in [1.82, 2.24) is 5.32 Å². The summed E-state index contributed by atoms with van der Waals surface area (Å²) in [4.78, 5) is 11.9. The zero-order chi connectivity index (χ0) is 12.8. The zero-order valence-electron chi connectivity index (χ0n) is 10.2. The SMILES string of the molecule is COc1cccc(C(=O)NCCc2ccsc2)c1. The van der Waals surface area contributed by atoms with Gasteiger partial charge in [0.1, 0.15) is 5.75 Å². The number of amides is 1. The normalized spacial score (nSPS) is 10.1. The summed E-state index contributed by atoms with van der Waals surface area (Å²) in [5.41, 5.74) is 1.88. The molecule has 0 unspecified atom stereocenters. The number of nitrogens with one attached hydrogen (secondary N) is 1. The number of thiophene rings is 1. The molecular formula is C14H15NO2S. The first-order chi connectivity index (χ1) is 8.79. The molecule has 0 saturated carbocycles. The molecule has 0 atom stereocenters. The smallest absolute Gasteiger partial charge is 0.251 e. The predicted octanol–water partition coefficient (Wildman–Crippen LogP) is 2.73. The number of carbonyl (C=O) groups excluding carboxylic acids is 1. The number of benzene rings is 1. The highest BCUT2D eigenvalue weighted by Crippen LogP contribution is 2.12. The van der Waals surface area contributed by atoms with Gasteiger partial charge in [-0.2, -0.15) is 11.3 Å². The first kappa shape index (κ1) is 12.6. The maximum atomic E-state index is 11.9. The highest BCUT2D eigenvalue weighted by Gasteiger charge is 2.05. The van der Waals surface area contributed by atoms with Crippen LogP contribution in [0, 0.1) is 0 Å². The van der Waals surface area contributed by atoms with Crippen LogP contribution in [0.3, 0.4) is 0 Å². The Labute approximate surface area is 110 Å². The van der Waals surface area contributed by atoms with E-state index in [-0.39, 0.29) is 5.91 Å². The minimum atomic E-state index is -0.0656. The van der Waals surface area contributed by atoms with Gasteiger partial charge in [0.15, 0.2) is 0 Å². The van der Waals surface area contributed by atoms with Gasteiger partial charge in [0.2, 0.25) is 0 Å². The Kier molecular flexibility index (Phi) is 4.36. The van der Waals surface area contributed by atoms with Crippen LogP contribution in [-0.4, -0.2) is 19.6 Å². The summed E-state index contributed by atoms with van der Waals surface area (Å²) in [6.07, 6.45) is 0.860. The van der Waals surface area contributed by atoms with Crippen LogP contribution in [0.2, 0.25) is 0 Å². The molecule has 1 amide bonds. The fraction of sp³-hybridized carbons (Fsp3) is 0.214. The van der Waals surface area contributed by atoms with E-state index in [4.69, 9.17) is 4.74 Å². The molecule has 2 rings (SSSR count). The molecule has 0 saturated heterocycles. The molecule has 1 aromatic carbocycles. The number of methoxy groups -OCH3 is 1. The van der Waals surface area contributed by atoms with Crippen LogP contribution < -0.4 is 10.1 Å². The summed E-state index contributed by atoms with van der Waals surface area (Å²) in [6.45, 7) is 0.646. The Hall–Kier alpha value is -1.81. The van der Waals surface area contributed by atoms with E-state index in [0.717, 1.165) is 6.42 Å². The minimum absolute atomic E-state index is 0.0656. The highest BCUT2D eigenvalue weighted by atomic mass is 32.1. The molecule has 0 aliphatic carbocycles. The van der Waals surface area contributed by atoms with Crippen LogP contribution in [0.4, 0.5) is 0 Å². The Morgan fingerprint density at radius 3 is 3.00 bits per heavy atom. The standard InChI is InChI=1S/C14H15NO2S/c1-17-13-4-2-3-12(9-13)14(16)15-7-5-11-6-8-18-10-11/h2-4,6,8-10H,5,7H2,1H3,(H,15,16). The van der Waals surface area contributed by atoms with Crippen molar-refractivity contribution in [3.05, 3.63) is 52.2 Å². The fourth-order valence-corrected chi connectivity index (χ4v) is 2.32. The summed E-state index contributed by atoms with van der Waals surface area (Å²) in [5.74, 6) is 0.629. The van der Waals surface area contributed by atoms with Gasteiger partial charge in [-0.15, -0.1) is 0 Å². The maximum absolute atomic E-state index is 11.9. The molecule has 0 aliphatic rings. The first-order valence-corrected chi connectivity index (χ1v) is 6.67. The fourth-order valence-electron chi connectivity index (χ4n) is 1.62. The van der Waals surface area contributed by atoms with E-state index in [9.17, 15) is 4.79 Å². The third kappa shape index (κ3) is 3.34. The summed E-state index contributed by atoms with van der Waals surface area (Å²) in [7, 11) is 1.59. The van der Waals surface area contributed by atoms with E-state index in [2.05, 4.69) is 16.8 Å². The Morgan fingerprint density at radius 1 is 1.39 bits per heavy atom. The number of rotatable bonds is 5. The van der Waals surface area contributed by atoms with Crippen molar-refractivity contribution in [3.63, 3.8) is 0 Å². The van der Waals surface area contributed by atoms with Crippen LogP contribution in [0.1, 0.15) is 15.9 Å². The molecule has 3 nitrogen and oxygen atoms in total. The molecular weight excluding hydrogens is 246 g/mol. The van der Waals surface area contributed by atoms with Crippen molar-refractivity contribution < 1.29 is 9.53 Å². The van der Waals surface area contributed by atoms with Gasteiger partial charge in [-0.1, -0.05) is 6.07 Å². The van der Waals surface area contributed by atoms with Gasteiger partial charge >= 0.3 is 0 Å². The second-order valence-electron chi connectivity index (χ2n) is 3.87. The van der Waals surface area contributed by atoms with Crippen molar-refractivity contribution in [1.29, 1.82) is 0 Å². The van der Waals surface area contributed by atoms with Gasteiger partial charge in [0.05, 0.1) is 7.11 Å². The first-order valence-electron chi connectivity index (χ1n) is 5.73. The lowest BCUT2D eigenvalue weighted by Crippen LogP contribution is -2.25. The van der Waals surface area contributed by atoms with E-state index in [1.54, 1.807) is 30.6 Å². The van der Waals surface area contributed by atoms with Gasteiger partial charge in [-0.3, -0.25) is 4.79 Å². The summed E-state index contributed by atoms with van der Waals surface area (Å²) < 4.78 is 5.09. The van der Waals surface area contributed by atoms with Crippen LogP contribution in [-0.2, 0) is 6.42 Å². The zero-order valence-corrected chi connectivity index (χ0v) is 11.0. The molecule has 0 spiro atoms. The Balaban J connectivity index is 1.87. The number of hydrogen-bond donors (Lipinski definition) is 1. The van der Waals surface area contributed by atoms with Gasteiger partial charge in [0.25, 0.3) is 5.91 Å². The van der Waals surface area contributed by atoms with Gasteiger partial charge < -0.3 is 10.1 Å². The second kappa shape index (κ2) is 6.21. The van der Waals surface area contributed by atoms with E-state index >= 15 is 0 Å². The number of hydrogen-bond acceptors (Lipinski definition) is 3. The Bertz CT molecular complexity index is 508. The van der Waals surface area contributed by atoms with Crippen molar-refractivity contribution in [2.24, 2.45) is 0 Å². The molecule has 0 bridgehead atoms. The molecule has 18 heavy (non-hydrogen) atoms. The van der Waals surface area contributed by atoms with Crippen molar-refractivity contribution in [3.8, 4) is 5.75 Å². The monoisotopic (exact) mass is 261 g/mol. The van der Waals surface area contributed by atoms with Crippen molar-refractivity contribution in [2.75, 3.05) is 13.7 Å². The quantitative estimate of drug-likeness (QED) is 0.898. The topological polar surface area (TPSA) is 38.3 Å². The van der Waals surface area contributed by atoms with Crippen LogP contribution in [0.5, 0.6) is 5.75 Å². The van der Waals surface area contributed by atoms with Crippen LogP contribution in [0.25, 0.3) is 0 Å². The Morgan fingerprint density at radius 2 is 2.28 bits per heavy atom. The van der Waals surface area contributed by atoms with Gasteiger partial charge in [0, 0.05) is 12.1 Å². The molecule has 2 aromatic rings. The largest absolute Gasteiger partial charge is 0.497 e. The van der Waals surface area contributed by atoms with E-state index < -0.39 is 0 Å². The molecule has 0 aliphatic heterocycles. The third-order valence-electron chi connectivity index (χ3n) is 2.61. The molecule has 94 valence electrons. The summed E-state index contributed by atoms with van der Waals surface area (Å²) in [6, 6.07) is 9.22. The molecule has 0 radical (unpaired) electrons. The van der Waals surface area contributed by atoms with Gasteiger partial charge in [-0.25, -0.2) is 0 Å².